The van der Waals surface area contributed by atoms with Crippen LogP contribution in [0.5, 0.6) is 11.5 Å². The Kier molecular flexibility index (Phi) is 5.11. The molecule has 3 rings (SSSR count). The van der Waals surface area contributed by atoms with Gasteiger partial charge in [0.25, 0.3) is 0 Å². The Morgan fingerprint density at radius 1 is 1.39 bits per heavy atom. The molecule has 0 amide bonds. The molecule has 1 atom stereocenters. The van der Waals surface area contributed by atoms with Crippen molar-refractivity contribution in [2.75, 3.05) is 23.4 Å². The lowest BCUT2D eigenvalue weighted by molar-refractivity contribution is 0.317. The number of anilines is 3. The highest BCUT2D eigenvalue weighted by Gasteiger charge is 2.31. The average molecular weight is 443 g/mol. The van der Waals surface area contributed by atoms with E-state index in [2.05, 4.69) is 36.5 Å². The third kappa shape index (κ3) is 3.19. The zero-order chi connectivity index (χ0) is 20.4. The number of halogens is 1. The summed E-state index contributed by atoms with van der Waals surface area (Å²) in [5.41, 5.74) is 13.2. The third-order valence-corrected chi connectivity index (χ3v) is 4.72. The number of nitrogens with two attached hydrogens (primary N) is 2. The van der Waals surface area contributed by atoms with Gasteiger partial charge in [-0.05, 0) is 24.6 Å². The smallest absolute Gasteiger partial charge is 0.211 e. The lowest BCUT2D eigenvalue weighted by Crippen LogP contribution is -2.32. The van der Waals surface area contributed by atoms with Gasteiger partial charge in [-0.2, -0.15) is 10.5 Å². The Labute approximate surface area is 168 Å². The van der Waals surface area contributed by atoms with E-state index in [4.69, 9.17) is 21.5 Å². The highest BCUT2D eigenvalue weighted by atomic mass is 79.9. The number of ether oxygens (including phenoxy) is 1. The molecule has 10 nitrogen and oxygen atoms in total. The van der Waals surface area contributed by atoms with Gasteiger partial charge in [-0.1, -0.05) is 15.9 Å². The number of nitriles is 2. The fraction of sp³-hybridized carbons (Fsp3) is 0.176. The molecule has 7 N–H and O–H groups in total. The molecule has 0 bridgehead atoms. The van der Waals surface area contributed by atoms with Gasteiger partial charge in [0.2, 0.25) is 5.96 Å². The second kappa shape index (κ2) is 7.50. The Balaban J connectivity index is 2.28. The molecule has 0 spiro atoms. The summed E-state index contributed by atoms with van der Waals surface area (Å²) in [5.74, 6) is 0.571. The van der Waals surface area contributed by atoms with Crippen molar-refractivity contribution in [1.82, 2.24) is 10.3 Å². The highest BCUT2D eigenvalue weighted by Crippen LogP contribution is 2.45. The molecule has 0 fully saturated rings. The lowest BCUT2D eigenvalue weighted by Gasteiger charge is -2.27. The minimum atomic E-state index is -0.749. The van der Waals surface area contributed by atoms with Crippen LogP contribution < -0.4 is 26.8 Å². The first-order valence-electron chi connectivity index (χ1n) is 8.05. The summed E-state index contributed by atoms with van der Waals surface area (Å²) in [7, 11) is 0. The zero-order valence-corrected chi connectivity index (χ0v) is 16.2. The van der Waals surface area contributed by atoms with E-state index in [0.29, 0.717) is 22.2 Å². The Morgan fingerprint density at radius 2 is 2.14 bits per heavy atom. The zero-order valence-electron chi connectivity index (χ0n) is 14.6. The second-order valence-corrected chi connectivity index (χ2v) is 6.53. The summed E-state index contributed by atoms with van der Waals surface area (Å²) in [4.78, 5) is 8.67. The molecule has 1 aliphatic heterocycles. The Hall–Kier alpha value is -3.70. The number of phenols is 1. The maximum absolute atomic E-state index is 10.1. The van der Waals surface area contributed by atoms with E-state index in [9.17, 15) is 10.4 Å². The van der Waals surface area contributed by atoms with E-state index in [0.717, 1.165) is 0 Å². The average Bonchev–Trinajstić information content (AvgIpc) is 2.64. The predicted molar refractivity (Wildman–Crippen MR) is 106 cm³/mol. The van der Waals surface area contributed by atoms with Gasteiger partial charge in [-0.3, -0.25) is 5.32 Å². The number of fused-ring (bicyclic) bond motifs is 1. The van der Waals surface area contributed by atoms with Crippen molar-refractivity contribution in [2.24, 2.45) is 4.99 Å². The molecule has 28 heavy (non-hydrogen) atoms. The highest BCUT2D eigenvalue weighted by molar-refractivity contribution is 9.10. The molecule has 1 aliphatic rings. The molecule has 0 saturated heterocycles. The fourth-order valence-corrected chi connectivity index (χ4v) is 3.39. The van der Waals surface area contributed by atoms with E-state index >= 15 is 0 Å². The monoisotopic (exact) mass is 442 g/mol. The van der Waals surface area contributed by atoms with E-state index in [1.807, 2.05) is 6.07 Å². The number of aromatic nitrogens is 1. The van der Waals surface area contributed by atoms with E-state index in [1.165, 1.54) is 6.07 Å². The number of hydrogen-bond donors (Lipinski definition) is 5. The van der Waals surface area contributed by atoms with Crippen molar-refractivity contribution in [3.8, 4) is 23.8 Å². The van der Waals surface area contributed by atoms with Crippen LogP contribution in [-0.2, 0) is 0 Å². The summed E-state index contributed by atoms with van der Waals surface area (Å²) in [5, 5.41) is 33.7. The predicted octanol–water partition coefficient (Wildman–Crippen LogP) is 1.93. The van der Waals surface area contributed by atoms with Gasteiger partial charge in [-0.25, -0.2) is 9.98 Å². The molecule has 0 saturated carbocycles. The van der Waals surface area contributed by atoms with Crippen LogP contribution in [0.15, 0.2) is 21.6 Å². The number of pyridine rings is 1. The van der Waals surface area contributed by atoms with Gasteiger partial charge in [0.1, 0.15) is 29.3 Å². The topological polar surface area (TPSA) is 178 Å². The minimum Gasteiger partial charge on any atom is -0.504 e. The number of rotatable bonds is 3. The van der Waals surface area contributed by atoms with Crippen molar-refractivity contribution < 1.29 is 9.84 Å². The molecule has 1 aromatic heterocycles. The third-order valence-electron chi connectivity index (χ3n) is 4.03. The van der Waals surface area contributed by atoms with Crippen LogP contribution in [0.1, 0.15) is 29.7 Å². The van der Waals surface area contributed by atoms with Crippen molar-refractivity contribution >= 4 is 39.2 Å². The number of nitrogens with zero attached hydrogens (tertiary/aromatic N) is 4. The number of nitrogens with one attached hydrogen (secondary N) is 2. The van der Waals surface area contributed by atoms with Crippen molar-refractivity contribution in [3.63, 3.8) is 0 Å². The van der Waals surface area contributed by atoms with Crippen LogP contribution in [-0.4, -0.2) is 22.7 Å². The first-order valence-corrected chi connectivity index (χ1v) is 8.84. The van der Waals surface area contributed by atoms with E-state index < -0.39 is 6.04 Å². The number of aromatic hydroxyl groups is 1. The standard InChI is InChI=1S/C17H15BrN8O2/c1-2-28-11-3-7(9(18)4-10(11)27)14-12-13(21)8(5-19)15(22)25-16(12)26-17(24-14)23-6-20/h3-4,14,27H,2H2,1H3,(H6,21,22,23,24,25,26). The van der Waals surface area contributed by atoms with Gasteiger partial charge in [0, 0.05) is 10.0 Å². The van der Waals surface area contributed by atoms with Crippen LogP contribution in [0.4, 0.5) is 17.3 Å². The normalized spacial score (nSPS) is 14.7. The molecular weight excluding hydrogens is 428 g/mol. The SMILES string of the molecule is CCOc1cc(C2N=C(NC#N)Nc3nc(N)c(C#N)c(N)c32)c(Br)cc1O. The molecule has 11 heteroatoms. The molecule has 0 radical (unpaired) electrons. The number of nitrogen functional groups attached to an aromatic ring is 2. The minimum absolute atomic E-state index is 0.0389. The quantitative estimate of drug-likeness (QED) is 0.350. The van der Waals surface area contributed by atoms with Gasteiger partial charge in [0.05, 0.1) is 12.3 Å². The lowest BCUT2D eigenvalue weighted by atomic mass is 9.95. The first-order chi connectivity index (χ1) is 13.4. The summed E-state index contributed by atoms with van der Waals surface area (Å²) >= 11 is 3.41. The maximum atomic E-state index is 10.1. The maximum Gasteiger partial charge on any atom is 0.211 e. The molecule has 2 heterocycles. The van der Waals surface area contributed by atoms with Crippen LogP contribution in [0.25, 0.3) is 0 Å². The van der Waals surface area contributed by atoms with Crippen LogP contribution in [0, 0.1) is 22.8 Å². The van der Waals surface area contributed by atoms with Crippen LogP contribution >= 0.6 is 15.9 Å². The summed E-state index contributed by atoms with van der Waals surface area (Å²) in [6.45, 7) is 2.14. The summed E-state index contributed by atoms with van der Waals surface area (Å²) < 4.78 is 5.99. The van der Waals surface area contributed by atoms with Gasteiger partial charge < -0.3 is 26.6 Å². The van der Waals surface area contributed by atoms with Crippen molar-refractivity contribution in [2.45, 2.75) is 13.0 Å². The van der Waals surface area contributed by atoms with E-state index in [1.54, 1.807) is 19.2 Å². The molecular formula is C17H15BrN8O2. The number of guanidine groups is 1. The van der Waals surface area contributed by atoms with Crippen molar-refractivity contribution in [1.29, 1.82) is 10.5 Å². The van der Waals surface area contributed by atoms with Crippen LogP contribution in [0.2, 0.25) is 0 Å². The molecule has 142 valence electrons. The number of aliphatic imine (C=N–C) groups is 1. The van der Waals surface area contributed by atoms with E-state index in [-0.39, 0.29) is 40.3 Å². The first kappa shape index (κ1) is 19.1. The number of hydrogen-bond acceptors (Lipinski definition) is 10. The van der Waals surface area contributed by atoms with Gasteiger partial charge in [0.15, 0.2) is 17.7 Å². The fourth-order valence-electron chi connectivity index (χ4n) is 2.85. The summed E-state index contributed by atoms with van der Waals surface area (Å²) in [6, 6.07) is 4.28. The number of benzene rings is 1. The Morgan fingerprint density at radius 3 is 2.79 bits per heavy atom. The molecule has 2 aromatic rings. The van der Waals surface area contributed by atoms with Gasteiger partial charge in [-0.15, -0.1) is 0 Å². The molecule has 1 unspecified atom stereocenters. The molecule has 0 aliphatic carbocycles. The molecule has 1 aromatic carbocycles. The van der Waals surface area contributed by atoms with Gasteiger partial charge >= 0.3 is 0 Å². The number of phenolic OH excluding ortho intramolecular Hbond substituents is 1. The summed E-state index contributed by atoms with van der Waals surface area (Å²) in [6.07, 6.45) is 1.79. The largest absolute Gasteiger partial charge is 0.504 e. The second-order valence-electron chi connectivity index (χ2n) is 5.68. The van der Waals surface area contributed by atoms with Crippen molar-refractivity contribution in [3.05, 3.63) is 33.3 Å². The Bertz CT molecular complexity index is 1070. The van der Waals surface area contributed by atoms with Crippen LogP contribution in [0.3, 0.4) is 0 Å².